The molecule has 9 heteroatoms. The van der Waals surface area contributed by atoms with Gasteiger partial charge in [0.15, 0.2) is 5.82 Å². The zero-order valence-corrected chi connectivity index (χ0v) is 10.0. The van der Waals surface area contributed by atoms with Gasteiger partial charge in [-0.1, -0.05) is 5.21 Å². The number of hydrogen-bond donors (Lipinski definition) is 4. The van der Waals surface area contributed by atoms with Crippen molar-refractivity contribution in [2.75, 3.05) is 0 Å². The van der Waals surface area contributed by atoms with Crippen molar-refractivity contribution < 1.29 is 14.7 Å². The van der Waals surface area contributed by atoms with Crippen molar-refractivity contribution in [1.29, 1.82) is 0 Å². The number of aromatic amines is 1. The molecule has 18 heavy (non-hydrogen) atoms. The van der Waals surface area contributed by atoms with Crippen LogP contribution in [0.4, 0.5) is 4.79 Å². The van der Waals surface area contributed by atoms with Gasteiger partial charge in [-0.3, -0.25) is 4.79 Å². The summed E-state index contributed by atoms with van der Waals surface area (Å²) in [5, 5.41) is 26.7. The Labute approximate surface area is 103 Å². The van der Waals surface area contributed by atoms with E-state index < -0.39 is 5.97 Å². The van der Waals surface area contributed by atoms with Gasteiger partial charge in [-0.05, 0) is 19.8 Å². The number of urea groups is 1. The van der Waals surface area contributed by atoms with Crippen LogP contribution < -0.4 is 10.6 Å². The zero-order valence-electron chi connectivity index (χ0n) is 10.0. The standard InChI is InChI=1S/C9H16N6O3/c1-6(3-2-4-8(16)17)11-9(18)10-5-7-12-14-15-13-7/h6H,2-5H2,1H3,(H,16,17)(H2,10,11,18)(H,12,13,14,15). The summed E-state index contributed by atoms with van der Waals surface area (Å²) in [6.07, 6.45) is 1.25. The van der Waals surface area contributed by atoms with Crippen molar-refractivity contribution in [1.82, 2.24) is 31.3 Å². The number of carboxylic acid groups (broad SMARTS) is 1. The smallest absolute Gasteiger partial charge is 0.315 e. The normalized spacial score (nSPS) is 11.8. The molecule has 1 aromatic rings. The second kappa shape index (κ2) is 7.20. The molecule has 0 aliphatic carbocycles. The van der Waals surface area contributed by atoms with Crippen LogP contribution in [0.5, 0.6) is 0 Å². The number of hydrogen-bond acceptors (Lipinski definition) is 5. The second-order valence-corrected chi connectivity index (χ2v) is 3.84. The average Bonchev–Trinajstić information content (AvgIpc) is 2.78. The average molecular weight is 256 g/mol. The van der Waals surface area contributed by atoms with Crippen LogP contribution >= 0.6 is 0 Å². The van der Waals surface area contributed by atoms with Gasteiger partial charge in [0.05, 0.1) is 6.54 Å². The minimum absolute atomic E-state index is 0.0883. The first-order valence-corrected chi connectivity index (χ1v) is 5.56. The topological polar surface area (TPSA) is 133 Å². The summed E-state index contributed by atoms with van der Waals surface area (Å²) < 4.78 is 0. The Bertz CT molecular complexity index is 380. The maximum atomic E-state index is 11.4. The molecule has 1 unspecified atom stereocenters. The predicted molar refractivity (Wildman–Crippen MR) is 60.5 cm³/mol. The number of amides is 2. The number of tetrazole rings is 1. The third-order valence-corrected chi connectivity index (χ3v) is 2.20. The van der Waals surface area contributed by atoms with Gasteiger partial charge in [-0.15, -0.1) is 10.2 Å². The van der Waals surface area contributed by atoms with E-state index in [1.165, 1.54) is 0 Å². The van der Waals surface area contributed by atoms with Crippen molar-refractivity contribution in [3.8, 4) is 0 Å². The number of aromatic nitrogens is 4. The van der Waals surface area contributed by atoms with E-state index in [0.717, 1.165) is 0 Å². The van der Waals surface area contributed by atoms with Crippen LogP contribution in [0.1, 0.15) is 32.0 Å². The largest absolute Gasteiger partial charge is 0.481 e. The first-order chi connectivity index (χ1) is 8.58. The summed E-state index contributed by atoms with van der Waals surface area (Å²) in [5.41, 5.74) is 0. The van der Waals surface area contributed by atoms with Crippen LogP contribution in [0.2, 0.25) is 0 Å². The summed E-state index contributed by atoms with van der Waals surface area (Å²) >= 11 is 0. The fourth-order valence-corrected chi connectivity index (χ4v) is 1.32. The van der Waals surface area contributed by atoms with Crippen molar-refractivity contribution in [3.05, 3.63) is 5.82 Å². The van der Waals surface area contributed by atoms with E-state index >= 15 is 0 Å². The molecule has 0 fully saturated rings. The van der Waals surface area contributed by atoms with Gasteiger partial charge in [-0.2, -0.15) is 5.21 Å². The number of aliphatic carboxylic acids is 1. The lowest BCUT2D eigenvalue weighted by atomic mass is 10.1. The second-order valence-electron chi connectivity index (χ2n) is 3.84. The lowest BCUT2D eigenvalue weighted by Crippen LogP contribution is -2.40. The van der Waals surface area contributed by atoms with Gasteiger partial charge in [0.25, 0.3) is 0 Å². The molecule has 1 rings (SSSR count). The summed E-state index contributed by atoms with van der Waals surface area (Å²) in [6, 6.07) is -0.433. The molecule has 0 saturated heterocycles. The molecule has 0 aliphatic heterocycles. The van der Waals surface area contributed by atoms with Crippen LogP contribution in [0.3, 0.4) is 0 Å². The quantitative estimate of drug-likeness (QED) is 0.526. The molecule has 100 valence electrons. The number of nitrogens with zero attached hydrogens (tertiary/aromatic N) is 3. The first kappa shape index (κ1) is 13.9. The molecule has 0 aliphatic rings. The number of H-pyrrole nitrogens is 1. The van der Waals surface area contributed by atoms with Gasteiger partial charge < -0.3 is 15.7 Å². The summed E-state index contributed by atoms with van der Waals surface area (Å²) in [7, 11) is 0. The maximum absolute atomic E-state index is 11.4. The first-order valence-electron chi connectivity index (χ1n) is 5.56. The summed E-state index contributed by atoms with van der Waals surface area (Å²) in [6.45, 7) is 2.00. The Morgan fingerprint density at radius 3 is 2.89 bits per heavy atom. The molecule has 9 nitrogen and oxygen atoms in total. The van der Waals surface area contributed by atoms with Gasteiger partial charge in [0, 0.05) is 12.5 Å². The predicted octanol–water partition coefficient (Wildman–Crippen LogP) is -0.358. The molecule has 0 saturated carbocycles. The van der Waals surface area contributed by atoms with Gasteiger partial charge in [-0.25, -0.2) is 4.79 Å². The molecule has 0 radical (unpaired) electrons. The van der Waals surface area contributed by atoms with E-state index in [-0.39, 0.29) is 25.0 Å². The Morgan fingerprint density at radius 1 is 1.50 bits per heavy atom. The van der Waals surface area contributed by atoms with Crippen LogP contribution in [-0.4, -0.2) is 43.8 Å². The molecule has 2 amide bonds. The number of rotatable bonds is 7. The number of carbonyl (C=O) groups excluding carboxylic acids is 1. The highest BCUT2D eigenvalue weighted by molar-refractivity contribution is 5.74. The molecule has 0 bridgehead atoms. The van der Waals surface area contributed by atoms with Crippen LogP contribution in [-0.2, 0) is 11.3 Å². The fourth-order valence-electron chi connectivity index (χ4n) is 1.32. The fraction of sp³-hybridized carbons (Fsp3) is 0.667. The summed E-state index contributed by atoms with van der Waals surface area (Å²) in [5.74, 6) is -0.438. The Kier molecular flexibility index (Phi) is 5.55. The Hall–Kier alpha value is -2.19. The van der Waals surface area contributed by atoms with E-state index in [0.29, 0.717) is 18.7 Å². The van der Waals surface area contributed by atoms with Gasteiger partial charge in [0.2, 0.25) is 0 Å². The van der Waals surface area contributed by atoms with Gasteiger partial charge in [0.1, 0.15) is 0 Å². The highest BCUT2D eigenvalue weighted by atomic mass is 16.4. The lowest BCUT2D eigenvalue weighted by Gasteiger charge is -2.13. The molecule has 1 aromatic heterocycles. The van der Waals surface area contributed by atoms with Crippen LogP contribution in [0.15, 0.2) is 0 Å². The minimum Gasteiger partial charge on any atom is -0.481 e. The number of carbonyl (C=O) groups is 2. The molecular formula is C9H16N6O3. The van der Waals surface area contributed by atoms with E-state index in [4.69, 9.17) is 5.11 Å². The van der Waals surface area contributed by atoms with Gasteiger partial charge >= 0.3 is 12.0 Å². The Balaban J connectivity index is 2.13. The van der Waals surface area contributed by atoms with E-state index in [2.05, 4.69) is 31.3 Å². The third kappa shape index (κ3) is 5.77. The van der Waals surface area contributed by atoms with E-state index in [1.54, 1.807) is 0 Å². The van der Waals surface area contributed by atoms with E-state index in [9.17, 15) is 9.59 Å². The SMILES string of the molecule is CC(CCCC(=O)O)NC(=O)NCc1nn[nH]n1. The van der Waals surface area contributed by atoms with Crippen molar-refractivity contribution in [3.63, 3.8) is 0 Å². The highest BCUT2D eigenvalue weighted by Gasteiger charge is 2.08. The number of nitrogens with one attached hydrogen (secondary N) is 3. The highest BCUT2D eigenvalue weighted by Crippen LogP contribution is 2.00. The van der Waals surface area contributed by atoms with Crippen molar-refractivity contribution >= 4 is 12.0 Å². The molecule has 1 heterocycles. The monoisotopic (exact) mass is 256 g/mol. The molecule has 1 atom stereocenters. The molecule has 4 N–H and O–H groups in total. The molecule has 0 aromatic carbocycles. The Morgan fingerprint density at radius 2 is 2.28 bits per heavy atom. The lowest BCUT2D eigenvalue weighted by molar-refractivity contribution is -0.137. The summed E-state index contributed by atoms with van der Waals surface area (Å²) in [4.78, 5) is 21.7. The minimum atomic E-state index is -0.830. The van der Waals surface area contributed by atoms with Crippen molar-refractivity contribution in [2.24, 2.45) is 0 Å². The van der Waals surface area contributed by atoms with Crippen molar-refractivity contribution in [2.45, 2.75) is 38.8 Å². The third-order valence-electron chi connectivity index (χ3n) is 2.20. The van der Waals surface area contributed by atoms with E-state index in [1.807, 2.05) is 6.92 Å². The zero-order chi connectivity index (χ0) is 13.4. The molecule has 0 spiro atoms. The molecular weight excluding hydrogens is 240 g/mol. The van der Waals surface area contributed by atoms with Crippen LogP contribution in [0, 0.1) is 0 Å². The maximum Gasteiger partial charge on any atom is 0.315 e. The number of carboxylic acids is 1. The van der Waals surface area contributed by atoms with Crippen LogP contribution in [0.25, 0.3) is 0 Å².